The van der Waals surface area contributed by atoms with Gasteiger partial charge in [0.2, 0.25) is 0 Å². The standard InChI is InChI=1S/C11H14N3/c1-12-8-4-7-11-13-9-5-2-3-6-10(9)14-11/h2-3,5-6,12H,4,7-8H2,1H3/q-1. The van der Waals surface area contributed by atoms with Crippen LogP contribution in [0, 0.1) is 0 Å². The predicted molar refractivity (Wildman–Crippen MR) is 57.3 cm³/mol. The number of para-hydroxylation sites is 2. The topological polar surface area (TPSA) is 39.0 Å². The third-order valence-electron chi connectivity index (χ3n) is 2.21. The highest BCUT2D eigenvalue weighted by Crippen LogP contribution is 2.09. The van der Waals surface area contributed by atoms with Gasteiger partial charge in [-0.2, -0.15) is 0 Å². The molecule has 0 spiro atoms. The largest absolute Gasteiger partial charge is 0.440 e. The lowest BCUT2D eigenvalue weighted by molar-refractivity contribution is 0.707. The molecule has 74 valence electrons. The Kier molecular flexibility index (Phi) is 2.79. The summed E-state index contributed by atoms with van der Waals surface area (Å²) in [6.07, 6.45) is 2.04. The van der Waals surface area contributed by atoms with Crippen LogP contribution in [0.1, 0.15) is 12.2 Å². The summed E-state index contributed by atoms with van der Waals surface area (Å²) in [4.78, 5) is 8.89. The van der Waals surface area contributed by atoms with Crippen LogP contribution in [-0.4, -0.2) is 18.6 Å². The maximum atomic E-state index is 4.45. The van der Waals surface area contributed by atoms with Gasteiger partial charge in [0.15, 0.2) is 0 Å². The van der Waals surface area contributed by atoms with Crippen LogP contribution >= 0.6 is 0 Å². The van der Waals surface area contributed by atoms with Gasteiger partial charge in [-0.25, -0.2) is 0 Å². The second kappa shape index (κ2) is 4.24. The molecule has 14 heavy (non-hydrogen) atoms. The molecule has 0 fully saturated rings. The molecule has 1 heterocycles. The Morgan fingerprint density at radius 3 is 3.00 bits per heavy atom. The van der Waals surface area contributed by atoms with Crippen LogP contribution in [0.25, 0.3) is 11.0 Å². The maximum Gasteiger partial charge on any atom is -0.00490 e. The molecule has 2 rings (SSSR count). The molecule has 0 aliphatic carbocycles. The lowest BCUT2D eigenvalue weighted by Gasteiger charge is -2.02. The van der Waals surface area contributed by atoms with Gasteiger partial charge in [0.05, 0.1) is 0 Å². The molecule has 3 nitrogen and oxygen atoms in total. The van der Waals surface area contributed by atoms with Crippen molar-refractivity contribution in [3.05, 3.63) is 30.1 Å². The molecule has 0 aliphatic heterocycles. The molecule has 0 amide bonds. The zero-order valence-corrected chi connectivity index (χ0v) is 8.33. The maximum absolute atomic E-state index is 4.45. The van der Waals surface area contributed by atoms with Gasteiger partial charge in [-0.05, 0) is 37.5 Å². The van der Waals surface area contributed by atoms with Gasteiger partial charge in [0.1, 0.15) is 0 Å². The first-order valence-electron chi connectivity index (χ1n) is 4.93. The summed E-state index contributed by atoms with van der Waals surface area (Å²) >= 11 is 0. The minimum Gasteiger partial charge on any atom is -0.440 e. The predicted octanol–water partition coefficient (Wildman–Crippen LogP) is 1.34. The molecule has 0 saturated heterocycles. The van der Waals surface area contributed by atoms with E-state index in [1.807, 2.05) is 31.3 Å². The van der Waals surface area contributed by atoms with Gasteiger partial charge in [0, 0.05) is 0 Å². The van der Waals surface area contributed by atoms with Gasteiger partial charge in [-0.3, -0.25) is 0 Å². The lowest BCUT2D eigenvalue weighted by Crippen LogP contribution is -2.08. The summed E-state index contributed by atoms with van der Waals surface area (Å²) in [6.45, 7) is 1.02. The number of imidazole rings is 1. The molecule has 1 aromatic carbocycles. The van der Waals surface area contributed by atoms with Crippen molar-refractivity contribution < 1.29 is 0 Å². The Hall–Kier alpha value is -1.35. The fourth-order valence-corrected chi connectivity index (χ4v) is 1.49. The van der Waals surface area contributed by atoms with Crippen LogP contribution in [0.15, 0.2) is 24.3 Å². The van der Waals surface area contributed by atoms with E-state index in [2.05, 4.69) is 15.3 Å². The summed E-state index contributed by atoms with van der Waals surface area (Å²) in [5, 5.41) is 3.12. The Bertz CT molecular complexity index is 373. The number of benzene rings is 1. The van der Waals surface area contributed by atoms with Gasteiger partial charge in [-0.15, -0.1) is 0 Å². The molecule has 0 saturated carbocycles. The number of hydrogen-bond donors (Lipinski definition) is 1. The second-order valence-electron chi connectivity index (χ2n) is 3.34. The third kappa shape index (κ3) is 1.93. The number of aryl methyl sites for hydroxylation is 1. The van der Waals surface area contributed by atoms with Crippen molar-refractivity contribution in [1.29, 1.82) is 0 Å². The molecule has 0 unspecified atom stereocenters. The fraction of sp³-hybridized carbons (Fsp3) is 0.364. The van der Waals surface area contributed by atoms with Crippen molar-refractivity contribution in [1.82, 2.24) is 15.3 Å². The summed E-state index contributed by atoms with van der Waals surface area (Å²) in [5.41, 5.74) is 2.01. The van der Waals surface area contributed by atoms with E-state index in [-0.39, 0.29) is 0 Å². The molecule has 0 bridgehead atoms. The van der Waals surface area contributed by atoms with Crippen LogP contribution in [-0.2, 0) is 6.42 Å². The van der Waals surface area contributed by atoms with E-state index in [1.54, 1.807) is 0 Å². The van der Waals surface area contributed by atoms with Crippen LogP contribution in [0.2, 0.25) is 0 Å². The minimum absolute atomic E-state index is 0.954. The van der Waals surface area contributed by atoms with E-state index in [0.717, 1.165) is 36.2 Å². The highest BCUT2D eigenvalue weighted by atomic mass is 14.9. The van der Waals surface area contributed by atoms with Gasteiger partial charge < -0.3 is 15.3 Å². The van der Waals surface area contributed by atoms with Gasteiger partial charge >= 0.3 is 0 Å². The van der Waals surface area contributed by atoms with Crippen molar-refractivity contribution in [3.63, 3.8) is 0 Å². The Morgan fingerprint density at radius 1 is 1.36 bits per heavy atom. The average molecular weight is 188 g/mol. The number of nitrogens with zero attached hydrogens (tertiary/aromatic N) is 2. The van der Waals surface area contributed by atoms with E-state index in [9.17, 15) is 0 Å². The molecular weight excluding hydrogens is 174 g/mol. The molecule has 1 N–H and O–H groups in total. The molecule has 0 radical (unpaired) electrons. The molecule has 0 aliphatic rings. The van der Waals surface area contributed by atoms with E-state index in [4.69, 9.17) is 0 Å². The Labute approximate surface area is 83.6 Å². The lowest BCUT2D eigenvalue weighted by atomic mass is 10.3. The highest BCUT2D eigenvalue weighted by molar-refractivity contribution is 5.74. The number of hydrogen-bond acceptors (Lipinski definition) is 2. The van der Waals surface area contributed by atoms with Crippen LogP contribution in [0.4, 0.5) is 0 Å². The van der Waals surface area contributed by atoms with Gasteiger partial charge in [0.25, 0.3) is 0 Å². The first-order chi connectivity index (χ1) is 6.90. The molecule has 0 atom stereocenters. The zero-order valence-electron chi connectivity index (χ0n) is 8.33. The van der Waals surface area contributed by atoms with Crippen LogP contribution in [0.5, 0.6) is 0 Å². The molecule has 1 aromatic heterocycles. The first kappa shape index (κ1) is 9.21. The smallest absolute Gasteiger partial charge is 0.00490 e. The summed E-state index contributed by atoms with van der Waals surface area (Å²) in [6, 6.07) is 8.00. The van der Waals surface area contributed by atoms with Crippen molar-refractivity contribution in [2.45, 2.75) is 12.8 Å². The fourth-order valence-electron chi connectivity index (χ4n) is 1.49. The number of aromatic nitrogens is 2. The monoisotopic (exact) mass is 188 g/mol. The van der Waals surface area contributed by atoms with E-state index in [1.165, 1.54) is 0 Å². The first-order valence-corrected chi connectivity index (χ1v) is 4.93. The van der Waals surface area contributed by atoms with Gasteiger partial charge in [-0.1, -0.05) is 30.1 Å². The van der Waals surface area contributed by atoms with Crippen LogP contribution < -0.4 is 10.3 Å². The van der Waals surface area contributed by atoms with Crippen molar-refractivity contribution in [3.8, 4) is 0 Å². The number of nitrogens with one attached hydrogen (secondary N) is 1. The zero-order chi connectivity index (χ0) is 9.80. The Morgan fingerprint density at radius 2 is 2.21 bits per heavy atom. The highest BCUT2D eigenvalue weighted by Gasteiger charge is 1.90. The quantitative estimate of drug-likeness (QED) is 0.736. The second-order valence-corrected chi connectivity index (χ2v) is 3.34. The average Bonchev–Trinajstić information content (AvgIpc) is 2.60. The molecule has 2 aromatic rings. The number of rotatable bonds is 4. The van der Waals surface area contributed by atoms with Crippen molar-refractivity contribution >= 4 is 11.0 Å². The molecule has 3 heteroatoms. The van der Waals surface area contributed by atoms with Crippen molar-refractivity contribution in [2.75, 3.05) is 13.6 Å². The molecular formula is C11H14N3-. The van der Waals surface area contributed by atoms with E-state index >= 15 is 0 Å². The SMILES string of the molecule is CNCCCc1nc2ccccc2[n-]1. The van der Waals surface area contributed by atoms with Crippen LogP contribution in [0.3, 0.4) is 0 Å². The third-order valence-corrected chi connectivity index (χ3v) is 2.21. The summed E-state index contributed by atoms with van der Waals surface area (Å²) < 4.78 is 0. The van der Waals surface area contributed by atoms with E-state index < -0.39 is 0 Å². The Balaban J connectivity index is 2.11. The minimum atomic E-state index is 0.954. The van der Waals surface area contributed by atoms with E-state index in [0.29, 0.717) is 0 Å². The van der Waals surface area contributed by atoms with Crippen molar-refractivity contribution in [2.24, 2.45) is 0 Å². The summed E-state index contributed by atoms with van der Waals surface area (Å²) in [5.74, 6) is 0.960. The normalized spacial score (nSPS) is 10.9. The number of fused-ring (bicyclic) bond motifs is 1. The summed E-state index contributed by atoms with van der Waals surface area (Å²) in [7, 11) is 1.96.